The summed E-state index contributed by atoms with van der Waals surface area (Å²) >= 11 is 0. The lowest BCUT2D eigenvalue weighted by Gasteiger charge is -2.16. The molecule has 144 valence electrons. The summed E-state index contributed by atoms with van der Waals surface area (Å²) in [6, 6.07) is 9.45. The lowest BCUT2D eigenvalue weighted by molar-refractivity contribution is -0.385. The molecule has 1 saturated heterocycles. The van der Waals surface area contributed by atoms with E-state index < -0.39 is 21.7 Å². The van der Waals surface area contributed by atoms with E-state index in [0.717, 1.165) is 0 Å². The third kappa shape index (κ3) is 3.80. The van der Waals surface area contributed by atoms with E-state index in [9.17, 15) is 29.8 Å². The molecule has 1 amide bonds. The van der Waals surface area contributed by atoms with Crippen LogP contribution in [0.5, 0.6) is 5.75 Å². The van der Waals surface area contributed by atoms with Gasteiger partial charge in [0.1, 0.15) is 5.75 Å². The molecule has 0 bridgehead atoms. The van der Waals surface area contributed by atoms with Gasteiger partial charge in [-0.15, -0.1) is 0 Å². The number of aryl methyl sites for hydroxylation is 1. The normalized spacial score (nSPS) is 16.1. The van der Waals surface area contributed by atoms with Crippen molar-refractivity contribution in [2.24, 2.45) is 5.92 Å². The van der Waals surface area contributed by atoms with Crippen LogP contribution < -0.4 is 9.64 Å². The van der Waals surface area contributed by atoms with Crippen LogP contribution in [0.2, 0.25) is 0 Å². The van der Waals surface area contributed by atoms with Gasteiger partial charge in [-0.25, -0.2) is 0 Å². The molecule has 0 aromatic heterocycles. The number of carbonyl (C=O) groups excluding carboxylic acids is 2. The first-order valence-corrected chi connectivity index (χ1v) is 8.28. The maximum Gasteiger partial charge on any atom is 0.316 e. The number of benzene rings is 2. The van der Waals surface area contributed by atoms with E-state index in [1.807, 2.05) is 0 Å². The van der Waals surface area contributed by atoms with Crippen molar-refractivity contribution in [1.29, 1.82) is 0 Å². The van der Waals surface area contributed by atoms with Crippen LogP contribution in [0.1, 0.15) is 12.0 Å². The Morgan fingerprint density at radius 3 is 2.39 bits per heavy atom. The van der Waals surface area contributed by atoms with Crippen molar-refractivity contribution in [3.8, 4) is 5.75 Å². The molecule has 2 aromatic rings. The third-order valence-corrected chi connectivity index (χ3v) is 4.43. The molecular weight excluding hydrogens is 370 g/mol. The molecule has 0 spiro atoms. The first kappa shape index (κ1) is 19.0. The molecule has 10 heteroatoms. The number of hydrogen-bond acceptors (Lipinski definition) is 7. The summed E-state index contributed by atoms with van der Waals surface area (Å²) in [4.78, 5) is 46.6. The van der Waals surface area contributed by atoms with Gasteiger partial charge in [0.25, 0.3) is 11.4 Å². The van der Waals surface area contributed by atoms with Crippen molar-refractivity contribution in [1.82, 2.24) is 0 Å². The van der Waals surface area contributed by atoms with Crippen LogP contribution in [0, 0.1) is 33.1 Å². The Kier molecular flexibility index (Phi) is 5.03. The molecule has 10 nitrogen and oxygen atoms in total. The SMILES string of the molecule is Cc1ccc(N2C[C@H](C(=O)Oc3ccc([N+](=O)[O-])cc3)CC2=O)cc1[N+](=O)[O-]. The predicted octanol–water partition coefficient (Wildman–Crippen LogP) is 2.77. The lowest BCUT2D eigenvalue weighted by atomic mass is 10.1. The number of nitro benzene ring substituents is 2. The second-order valence-electron chi connectivity index (χ2n) is 6.31. The smallest absolute Gasteiger partial charge is 0.316 e. The molecule has 0 radical (unpaired) electrons. The molecule has 1 fully saturated rings. The standard InChI is InChI=1S/C18H15N3O7/c1-11-2-3-14(9-16(11)21(26)27)19-10-12(8-17(19)22)18(23)28-15-6-4-13(5-7-15)20(24)25/h2-7,9,12H,8,10H2,1H3/t12-/m1/s1. The van der Waals surface area contributed by atoms with Crippen LogP contribution >= 0.6 is 0 Å². The summed E-state index contributed by atoms with van der Waals surface area (Å²) in [7, 11) is 0. The number of nitro groups is 2. The molecule has 1 heterocycles. The number of anilines is 1. The molecule has 3 rings (SSSR count). The van der Waals surface area contributed by atoms with Crippen LogP contribution in [0.3, 0.4) is 0 Å². The molecule has 28 heavy (non-hydrogen) atoms. The summed E-state index contributed by atoms with van der Waals surface area (Å²) in [5.74, 6) is -1.61. The van der Waals surface area contributed by atoms with E-state index in [-0.39, 0.29) is 36.0 Å². The lowest BCUT2D eigenvalue weighted by Crippen LogP contribution is -2.27. The first-order valence-electron chi connectivity index (χ1n) is 8.28. The van der Waals surface area contributed by atoms with E-state index in [0.29, 0.717) is 11.3 Å². The number of nitrogens with zero attached hydrogens (tertiary/aromatic N) is 3. The van der Waals surface area contributed by atoms with Crippen LogP contribution in [-0.2, 0) is 9.59 Å². The Labute approximate surface area is 158 Å². The molecule has 0 saturated carbocycles. The minimum absolute atomic E-state index is 0.0326. The summed E-state index contributed by atoms with van der Waals surface area (Å²) < 4.78 is 5.20. The van der Waals surface area contributed by atoms with Crippen molar-refractivity contribution in [3.05, 3.63) is 68.3 Å². The van der Waals surface area contributed by atoms with E-state index in [2.05, 4.69) is 0 Å². The Hall–Kier alpha value is -3.82. The molecule has 1 aliphatic rings. The van der Waals surface area contributed by atoms with Gasteiger partial charge in [-0.1, -0.05) is 6.07 Å². The Balaban J connectivity index is 1.71. The molecular formula is C18H15N3O7. The van der Waals surface area contributed by atoms with Crippen molar-refractivity contribution >= 4 is 28.9 Å². The highest BCUT2D eigenvalue weighted by Gasteiger charge is 2.37. The van der Waals surface area contributed by atoms with Gasteiger partial charge in [-0.05, 0) is 25.1 Å². The van der Waals surface area contributed by atoms with E-state index in [1.165, 1.54) is 35.2 Å². The largest absolute Gasteiger partial charge is 0.426 e. The average Bonchev–Trinajstić information content (AvgIpc) is 3.04. The van der Waals surface area contributed by atoms with E-state index in [1.54, 1.807) is 19.1 Å². The summed E-state index contributed by atoms with van der Waals surface area (Å²) in [5, 5.41) is 21.7. The zero-order chi connectivity index (χ0) is 20.4. The fraction of sp³-hybridized carbons (Fsp3) is 0.222. The number of ether oxygens (including phenoxy) is 1. The first-order chi connectivity index (χ1) is 13.3. The zero-order valence-electron chi connectivity index (χ0n) is 14.7. The number of esters is 1. The molecule has 1 aliphatic heterocycles. The van der Waals surface area contributed by atoms with Crippen molar-refractivity contribution in [3.63, 3.8) is 0 Å². The Bertz CT molecular complexity index is 972. The van der Waals surface area contributed by atoms with Crippen LogP contribution in [0.4, 0.5) is 17.1 Å². The second kappa shape index (κ2) is 7.43. The van der Waals surface area contributed by atoms with Gasteiger partial charge < -0.3 is 9.64 Å². The van der Waals surface area contributed by atoms with Crippen molar-refractivity contribution in [2.45, 2.75) is 13.3 Å². The minimum Gasteiger partial charge on any atom is -0.426 e. The highest BCUT2D eigenvalue weighted by atomic mass is 16.6. The van der Waals surface area contributed by atoms with Gasteiger partial charge in [-0.3, -0.25) is 29.8 Å². The molecule has 1 atom stereocenters. The predicted molar refractivity (Wildman–Crippen MR) is 97.0 cm³/mol. The Morgan fingerprint density at radius 1 is 1.11 bits per heavy atom. The highest BCUT2D eigenvalue weighted by Crippen LogP contribution is 2.30. The topological polar surface area (TPSA) is 133 Å². The van der Waals surface area contributed by atoms with Gasteiger partial charge >= 0.3 is 5.97 Å². The zero-order valence-corrected chi connectivity index (χ0v) is 14.7. The fourth-order valence-corrected chi connectivity index (χ4v) is 2.91. The monoisotopic (exact) mass is 385 g/mol. The number of amides is 1. The van der Waals surface area contributed by atoms with Gasteiger partial charge in [0.2, 0.25) is 5.91 Å². The molecule has 0 N–H and O–H groups in total. The van der Waals surface area contributed by atoms with Crippen molar-refractivity contribution in [2.75, 3.05) is 11.4 Å². The summed E-state index contributed by atoms with van der Waals surface area (Å²) in [5.41, 5.74) is 0.563. The average molecular weight is 385 g/mol. The van der Waals surface area contributed by atoms with Gasteiger partial charge in [0.15, 0.2) is 0 Å². The quantitative estimate of drug-likeness (QED) is 0.334. The molecule has 0 aliphatic carbocycles. The van der Waals surface area contributed by atoms with Crippen molar-refractivity contribution < 1.29 is 24.2 Å². The number of non-ortho nitro benzene ring substituents is 1. The third-order valence-electron chi connectivity index (χ3n) is 4.43. The number of carbonyl (C=O) groups is 2. The van der Waals surface area contributed by atoms with Crippen LogP contribution in [0.15, 0.2) is 42.5 Å². The minimum atomic E-state index is -0.747. The second-order valence-corrected chi connectivity index (χ2v) is 6.31. The van der Waals surface area contributed by atoms with Gasteiger partial charge in [0, 0.05) is 36.7 Å². The fourth-order valence-electron chi connectivity index (χ4n) is 2.91. The summed E-state index contributed by atoms with van der Waals surface area (Å²) in [6.45, 7) is 1.63. The van der Waals surface area contributed by atoms with E-state index >= 15 is 0 Å². The number of rotatable bonds is 5. The molecule has 0 unspecified atom stereocenters. The Morgan fingerprint density at radius 2 is 1.79 bits per heavy atom. The van der Waals surface area contributed by atoms with Gasteiger partial charge in [-0.2, -0.15) is 0 Å². The number of hydrogen-bond donors (Lipinski definition) is 0. The van der Waals surface area contributed by atoms with E-state index in [4.69, 9.17) is 4.74 Å². The van der Waals surface area contributed by atoms with Crippen LogP contribution in [-0.4, -0.2) is 28.3 Å². The highest BCUT2D eigenvalue weighted by molar-refractivity contribution is 6.00. The maximum absolute atomic E-state index is 12.3. The van der Waals surface area contributed by atoms with Crippen LogP contribution in [0.25, 0.3) is 0 Å². The maximum atomic E-state index is 12.3. The van der Waals surface area contributed by atoms with Gasteiger partial charge in [0.05, 0.1) is 21.5 Å². The summed E-state index contributed by atoms with van der Waals surface area (Å²) in [6.07, 6.45) is -0.0898. The molecule has 2 aromatic carbocycles.